The smallest absolute Gasteiger partial charge is 0.232 e. The number of nitrogens with zero attached hydrogens (tertiary/aromatic N) is 3. The highest BCUT2D eigenvalue weighted by molar-refractivity contribution is 7.99. The highest BCUT2D eigenvalue weighted by Gasteiger charge is 2.14. The number of aromatic nitrogens is 3. The molecule has 10 heteroatoms. The molecule has 2 aromatic carbocycles. The van der Waals surface area contributed by atoms with Crippen LogP contribution in [0.1, 0.15) is 11.4 Å². The van der Waals surface area contributed by atoms with Crippen molar-refractivity contribution in [2.24, 2.45) is 7.05 Å². The van der Waals surface area contributed by atoms with Gasteiger partial charge < -0.3 is 19.9 Å². The number of nitrogens with one attached hydrogen (secondary N) is 2. The molecule has 31 heavy (non-hydrogen) atoms. The largest absolute Gasteiger partial charge is 0.497 e. The minimum absolute atomic E-state index is 0.0658. The zero-order chi connectivity index (χ0) is 22.2. The maximum atomic E-state index is 12.3. The Kier molecular flexibility index (Phi) is 7.91. The van der Waals surface area contributed by atoms with Crippen molar-refractivity contribution in [3.63, 3.8) is 0 Å². The molecule has 162 valence electrons. The van der Waals surface area contributed by atoms with Gasteiger partial charge in [-0.25, -0.2) is 0 Å². The lowest BCUT2D eigenvalue weighted by Gasteiger charge is -2.07. The summed E-state index contributed by atoms with van der Waals surface area (Å²) >= 11 is 7.11. The molecule has 0 aliphatic heterocycles. The van der Waals surface area contributed by atoms with Crippen molar-refractivity contribution in [2.75, 3.05) is 18.2 Å². The Balaban J connectivity index is 1.46. The average molecular weight is 460 g/mol. The van der Waals surface area contributed by atoms with Gasteiger partial charge in [-0.3, -0.25) is 9.59 Å². The molecule has 1 heterocycles. The standard InChI is InChI=1S/C21H22ClN5O3S/c1-27-18(11-19(28)24-16-7-5-15(22)6-8-16)25-26-21(27)31-13-20(29)23-12-14-3-9-17(30-2)10-4-14/h3-10H,11-13H2,1-2H3,(H,23,29)(H,24,28). The van der Waals surface area contributed by atoms with Crippen molar-refractivity contribution < 1.29 is 14.3 Å². The summed E-state index contributed by atoms with van der Waals surface area (Å²) < 4.78 is 6.83. The van der Waals surface area contributed by atoms with Gasteiger partial charge in [0.15, 0.2) is 5.16 Å². The van der Waals surface area contributed by atoms with Gasteiger partial charge in [-0.15, -0.1) is 10.2 Å². The zero-order valence-electron chi connectivity index (χ0n) is 17.1. The van der Waals surface area contributed by atoms with Gasteiger partial charge >= 0.3 is 0 Å². The van der Waals surface area contributed by atoms with Crippen molar-refractivity contribution in [1.82, 2.24) is 20.1 Å². The third-order valence-electron chi connectivity index (χ3n) is 4.35. The normalized spacial score (nSPS) is 10.5. The van der Waals surface area contributed by atoms with E-state index in [-0.39, 0.29) is 24.0 Å². The molecule has 0 fully saturated rings. The van der Waals surface area contributed by atoms with Crippen molar-refractivity contribution in [3.05, 3.63) is 64.9 Å². The Morgan fingerprint density at radius 3 is 2.45 bits per heavy atom. The molecule has 0 radical (unpaired) electrons. The predicted molar refractivity (Wildman–Crippen MR) is 120 cm³/mol. The van der Waals surface area contributed by atoms with Crippen LogP contribution >= 0.6 is 23.4 Å². The lowest BCUT2D eigenvalue weighted by Crippen LogP contribution is -2.24. The molecule has 0 aliphatic rings. The first-order chi connectivity index (χ1) is 14.9. The van der Waals surface area contributed by atoms with Crippen LogP contribution in [-0.2, 0) is 29.6 Å². The van der Waals surface area contributed by atoms with E-state index < -0.39 is 0 Å². The van der Waals surface area contributed by atoms with E-state index in [2.05, 4.69) is 20.8 Å². The number of ether oxygens (including phenoxy) is 1. The van der Waals surface area contributed by atoms with Crippen LogP contribution in [0.5, 0.6) is 5.75 Å². The number of amides is 2. The van der Waals surface area contributed by atoms with Crippen LogP contribution in [0.25, 0.3) is 0 Å². The van der Waals surface area contributed by atoms with Crippen LogP contribution in [0.2, 0.25) is 5.02 Å². The molecule has 3 rings (SSSR count). The first-order valence-electron chi connectivity index (χ1n) is 9.40. The summed E-state index contributed by atoms with van der Waals surface area (Å²) in [6.45, 7) is 0.429. The zero-order valence-corrected chi connectivity index (χ0v) is 18.7. The number of carbonyl (C=O) groups is 2. The lowest BCUT2D eigenvalue weighted by molar-refractivity contribution is -0.118. The van der Waals surface area contributed by atoms with Crippen LogP contribution in [0.15, 0.2) is 53.7 Å². The number of benzene rings is 2. The molecule has 0 spiro atoms. The van der Waals surface area contributed by atoms with Crippen LogP contribution in [-0.4, -0.2) is 39.4 Å². The minimum Gasteiger partial charge on any atom is -0.497 e. The molecule has 0 bridgehead atoms. The average Bonchev–Trinajstić information content (AvgIpc) is 3.11. The molecule has 0 aliphatic carbocycles. The molecular formula is C21H22ClN5O3S. The van der Waals surface area contributed by atoms with Crippen LogP contribution in [0, 0.1) is 0 Å². The molecule has 8 nitrogen and oxygen atoms in total. The minimum atomic E-state index is -0.216. The van der Waals surface area contributed by atoms with E-state index in [1.54, 1.807) is 43.0 Å². The number of anilines is 1. The summed E-state index contributed by atoms with van der Waals surface area (Å²) in [5.74, 6) is 1.13. The Morgan fingerprint density at radius 1 is 1.06 bits per heavy atom. The SMILES string of the molecule is COc1ccc(CNC(=O)CSc2nnc(CC(=O)Nc3ccc(Cl)cc3)n2C)cc1. The van der Waals surface area contributed by atoms with Gasteiger partial charge in [-0.2, -0.15) is 0 Å². The lowest BCUT2D eigenvalue weighted by atomic mass is 10.2. The highest BCUT2D eigenvalue weighted by Crippen LogP contribution is 2.17. The van der Waals surface area contributed by atoms with E-state index in [0.29, 0.717) is 28.2 Å². The van der Waals surface area contributed by atoms with Gasteiger partial charge in [-0.05, 0) is 42.0 Å². The number of methoxy groups -OCH3 is 1. The summed E-state index contributed by atoms with van der Waals surface area (Å²) in [6, 6.07) is 14.3. The van der Waals surface area contributed by atoms with Crippen molar-refractivity contribution in [2.45, 2.75) is 18.1 Å². The number of hydrogen-bond donors (Lipinski definition) is 2. The van der Waals surface area contributed by atoms with E-state index >= 15 is 0 Å². The molecular weight excluding hydrogens is 438 g/mol. The molecule has 0 saturated heterocycles. The fraction of sp³-hybridized carbons (Fsp3) is 0.238. The highest BCUT2D eigenvalue weighted by atomic mass is 35.5. The number of hydrogen-bond acceptors (Lipinski definition) is 6. The van der Waals surface area contributed by atoms with Gasteiger partial charge in [0.25, 0.3) is 0 Å². The number of halogens is 1. The Morgan fingerprint density at radius 2 is 1.77 bits per heavy atom. The maximum absolute atomic E-state index is 12.3. The molecule has 2 amide bonds. The number of carbonyl (C=O) groups excluding carboxylic acids is 2. The topological polar surface area (TPSA) is 98.1 Å². The molecule has 1 aromatic heterocycles. The second-order valence-electron chi connectivity index (χ2n) is 6.60. The summed E-state index contributed by atoms with van der Waals surface area (Å²) in [5, 5.41) is 15.0. The first kappa shape index (κ1) is 22.6. The van der Waals surface area contributed by atoms with Crippen molar-refractivity contribution in [3.8, 4) is 5.75 Å². The summed E-state index contributed by atoms with van der Waals surface area (Å²) in [5.41, 5.74) is 1.63. The second-order valence-corrected chi connectivity index (χ2v) is 7.98. The van der Waals surface area contributed by atoms with E-state index in [0.717, 1.165) is 11.3 Å². The first-order valence-corrected chi connectivity index (χ1v) is 10.8. The number of thioether (sulfide) groups is 1. The fourth-order valence-corrected chi connectivity index (χ4v) is 3.52. The van der Waals surface area contributed by atoms with E-state index in [9.17, 15) is 9.59 Å². The molecule has 0 atom stereocenters. The van der Waals surface area contributed by atoms with Gasteiger partial charge in [0.2, 0.25) is 11.8 Å². The van der Waals surface area contributed by atoms with E-state index in [1.807, 2.05) is 24.3 Å². The van der Waals surface area contributed by atoms with Crippen LogP contribution in [0.4, 0.5) is 5.69 Å². The van der Waals surface area contributed by atoms with E-state index in [1.165, 1.54) is 11.8 Å². The second kappa shape index (κ2) is 10.8. The monoisotopic (exact) mass is 459 g/mol. The van der Waals surface area contributed by atoms with Gasteiger partial charge in [-0.1, -0.05) is 35.5 Å². The van der Waals surface area contributed by atoms with Gasteiger partial charge in [0, 0.05) is 24.3 Å². The molecule has 0 unspecified atom stereocenters. The van der Waals surface area contributed by atoms with Crippen molar-refractivity contribution >= 4 is 40.9 Å². The predicted octanol–water partition coefficient (Wildman–Crippen LogP) is 3.07. The van der Waals surface area contributed by atoms with E-state index in [4.69, 9.17) is 16.3 Å². The summed E-state index contributed by atoms with van der Waals surface area (Å²) in [7, 11) is 3.38. The number of rotatable bonds is 9. The fourth-order valence-electron chi connectivity index (χ4n) is 2.63. The molecule has 3 aromatic rings. The Labute approximate surface area is 189 Å². The summed E-state index contributed by atoms with van der Waals surface area (Å²) in [6.07, 6.45) is 0.0658. The van der Waals surface area contributed by atoms with Crippen LogP contribution in [0.3, 0.4) is 0 Å². The third kappa shape index (κ3) is 6.73. The van der Waals surface area contributed by atoms with Crippen LogP contribution < -0.4 is 15.4 Å². The van der Waals surface area contributed by atoms with Gasteiger partial charge in [0.05, 0.1) is 19.3 Å². The maximum Gasteiger partial charge on any atom is 0.232 e. The molecule has 0 saturated carbocycles. The molecule has 2 N–H and O–H groups in total. The Bertz CT molecular complexity index is 1040. The van der Waals surface area contributed by atoms with Gasteiger partial charge in [0.1, 0.15) is 11.6 Å². The summed E-state index contributed by atoms with van der Waals surface area (Å²) in [4.78, 5) is 24.4. The van der Waals surface area contributed by atoms with Crippen molar-refractivity contribution in [1.29, 1.82) is 0 Å². The Hall–Kier alpha value is -3.04. The third-order valence-corrected chi connectivity index (χ3v) is 5.63. The quantitative estimate of drug-likeness (QED) is 0.477.